The van der Waals surface area contributed by atoms with Crippen molar-refractivity contribution >= 4 is 21.7 Å². The Balaban J connectivity index is 2.05. The van der Waals surface area contributed by atoms with Gasteiger partial charge in [-0.25, -0.2) is 22.5 Å². The highest BCUT2D eigenvalue weighted by Gasteiger charge is 2.20. The predicted octanol–water partition coefficient (Wildman–Crippen LogP) is 1.66. The molecule has 8 nitrogen and oxygen atoms in total. The minimum atomic E-state index is -3.58. The third-order valence-corrected chi connectivity index (χ3v) is 5.29. The molecule has 0 radical (unpaired) electrons. The highest BCUT2D eigenvalue weighted by Crippen LogP contribution is 2.18. The van der Waals surface area contributed by atoms with Crippen LogP contribution in [-0.4, -0.2) is 44.9 Å². The number of sulfonamides is 1. The molecule has 0 saturated carbocycles. The topological polar surface area (TPSA) is 101 Å². The number of anilines is 1. The van der Waals surface area contributed by atoms with E-state index < -0.39 is 16.1 Å². The van der Waals surface area contributed by atoms with E-state index in [9.17, 15) is 13.2 Å². The molecule has 2 aromatic rings. The Kier molecular flexibility index (Phi) is 5.94. The molecule has 1 aromatic heterocycles. The number of methoxy groups -OCH3 is 1. The number of aromatic nitrogens is 1. The van der Waals surface area contributed by atoms with Crippen LogP contribution in [0.25, 0.3) is 0 Å². The first-order valence-electron chi connectivity index (χ1n) is 7.40. The van der Waals surface area contributed by atoms with Crippen LogP contribution in [0.3, 0.4) is 0 Å². The molecule has 0 aliphatic carbocycles. The van der Waals surface area contributed by atoms with Crippen LogP contribution in [0.15, 0.2) is 47.5 Å². The van der Waals surface area contributed by atoms with Crippen molar-refractivity contribution in [2.24, 2.45) is 0 Å². The molecule has 134 valence electrons. The lowest BCUT2D eigenvalue weighted by atomic mass is 10.2. The predicted molar refractivity (Wildman–Crippen MR) is 94.0 cm³/mol. The minimum absolute atomic E-state index is 0.0681. The summed E-state index contributed by atoms with van der Waals surface area (Å²) >= 11 is 0. The minimum Gasteiger partial charge on any atom is -0.481 e. The number of carbonyl (C=O) groups excluding carboxylic acids is 1. The number of ether oxygens (including phenoxy) is 1. The van der Waals surface area contributed by atoms with Gasteiger partial charge in [0.15, 0.2) is 0 Å². The maximum Gasteiger partial charge on any atom is 0.319 e. The van der Waals surface area contributed by atoms with Gasteiger partial charge in [0.1, 0.15) is 0 Å². The number of hydrogen-bond acceptors (Lipinski definition) is 5. The summed E-state index contributed by atoms with van der Waals surface area (Å²) in [6.45, 7) is 0.0681. The van der Waals surface area contributed by atoms with Crippen molar-refractivity contribution in [3.63, 3.8) is 0 Å². The molecule has 2 rings (SSSR count). The second-order valence-corrected chi connectivity index (χ2v) is 7.41. The van der Waals surface area contributed by atoms with Crippen molar-refractivity contribution in [1.82, 2.24) is 14.6 Å². The Labute approximate surface area is 146 Å². The number of nitrogens with one attached hydrogen (secondary N) is 2. The van der Waals surface area contributed by atoms with Crippen molar-refractivity contribution in [2.75, 3.05) is 26.5 Å². The lowest BCUT2D eigenvalue weighted by Crippen LogP contribution is -2.30. The van der Waals surface area contributed by atoms with Crippen molar-refractivity contribution in [1.29, 1.82) is 0 Å². The summed E-state index contributed by atoms with van der Waals surface area (Å²) in [5.41, 5.74) is 0.992. The Bertz CT molecular complexity index is 835. The van der Waals surface area contributed by atoms with Gasteiger partial charge in [-0.05, 0) is 17.7 Å². The molecule has 9 heteroatoms. The summed E-state index contributed by atoms with van der Waals surface area (Å²) in [5.74, 6) is 0.439. The average molecular weight is 364 g/mol. The van der Waals surface area contributed by atoms with Crippen LogP contribution in [0.4, 0.5) is 10.5 Å². The van der Waals surface area contributed by atoms with Gasteiger partial charge in [0.05, 0.1) is 23.9 Å². The van der Waals surface area contributed by atoms with Gasteiger partial charge in [0, 0.05) is 26.7 Å². The summed E-state index contributed by atoms with van der Waals surface area (Å²) in [4.78, 5) is 16.1. The Morgan fingerprint density at radius 1 is 1.20 bits per heavy atom. The molecule has 0 saturated heterocycles. The second kappa shape index (κ2) is 7.95. The first-order chi connectivity index (χ1) is 11.8. The summed E-state index contributed by atoms with van der Waals surface area (Å²) < 4.78 is 30.7. The lowest BCUT2D eigenvalue weighted by molar-refractivity contribution is 0.251. The molecule has 0 unspecified atom stereocenters. The zero-order chi connectivity index (χ0) is 18.4. The van der Waals surface area contributed by atoms with E-state index in [2.05, 4.69) is 15.6 Å². The fourth-order valence-electron chi connectivity index (χ4n) is 2.02. The van der Waals surface area contributed by atoms with Crippen molar-refractivity contribution in [2.45, 2.75) is 11.4 Å². The van der Waals surface area contributed by atoms with Crippen molar-refractivity contribution < 1.29 is 17.9 Å². The average Bonchev–Trinajstić information content (AvgIpc) is 2.60. The molecular weight excluding hydrogens is 344 g/mol. The number of hydrogen-bond donors (Lipinski definition) is 2. The molecule has 1 aromatic carbocycles. The van der Waals surface area contributed by atoms with Crippen LogP contribution in [0.5, 0.6) is 5.88 Å². The largest absolute Gasteiger partial charge is 0.481 e. The second-order valence-electron chi connectivity index (χ2n) is 5.29. The fraction of sp³-hybridized carbons (Fsp3) is 0.250. The summed E-state index contributed by atoms with van der Waals surface area (Å²) in [7, 11) is 0.840. The van der Waals surface area contributed by atoms with Crippen molar-refractivity contribution in [3.05, 3.63) is 48.2 Å². The van der Waals surface area contributed by atoms with Crippen LogP contribution in [0.2, 0.25) is 0 Å². The number of rotatable bonds is 6. The van der Waals surface area contributed by atoms with E-state index in [1.54, 1.807) is 30.3 Å². The smallest absolute Gasteiger partial charge is 0.319 e. The van der Waals surface area contributed by atoms with E-state index in [0.29, 0.717) is 17.1 Å². The van der Waals surface area contributed by atoms with Gasteiger partial charge in [-0.2, -0.15) is 0 Å². The van der Waals surface area contributed by atoms with E-state index in [-0.39, 0.29) is 11.4 Å². The Hall–Kier alpha value is -2.65. The van der Waals surface area contributed by atoms with Gasteiger partial charge in [-0.3, -0.25) is 0 Å². The summed E-state index contributed by atoms with van der Waals surface area (Å²) in [6.07, 6.45) is 1.46. The normalized spacial score (nSPS) is 11.2. The molecule has 0 aliphatic rings. The molecular formula is C16H20N4O4S. The molecule has 0 fully saturated rings. The number of nitrogens with zero attached hydrogens (tertiary/aromatic N) is 2. The van der Waals surface area contributed by atoms with Gasteiger partial charge in [0.2, 0.25) is 15.9 Å². The number of amides is 2. The molecule has 1 heterocycles. The number of benzene rings is 1. The molecule has 0 bridgehead atoms. The Morgan fingerprint density at radius 2 is 1.92 bits per heavy atom. The maximum absolute atomic E-state index is 12.3. The standard InChI is InChI=1S/C16H20N4O4S/c1-20(2)25(22,23)14-7-5-4-6-12(14)10-18-16(21)19-13-8-9-15(24-3)17-11-13/h4-9,11H,10H2,1-3H3,(H2,18,19,21). The SMILES string of the molecule is COc1ccc(NC(=O)NCc2ccccc2S(=O)(=O)N(C)C)cn1. The van der Waals surface area contributed by atoms with E-state index in [0.717, 1.165) is 4.31 Å². The van der Waals surface area contributed by atoms with Gasteiger partial charge in [0.25, 0.3) is 0 Å². The first kappa shape index (κ1) is 18.7. The third-order valence-electron chi connectivity index (χ3n) is 3.37. The first-order valence-corrected chi connectivity index (χ1v) is 8.84. The van der Waals surface area contributed by atoms with Gasteiger partial charge < -0.3 is 15.4 Å². The monoisotopic (exact) mass is 364 g/mol. The van der Waals surface area contributed by atoms with Gasteiger partial charge in [-0.15, -0.1) is 0 Å². The Morgan fingerprint density at radius 3 is 2.52 bits per heavy atom. The quantitative estimate of drug-likeness (QED) is 0.812. The van der Waals surface area contributed by atoms with Gasteiger partial charge >= 0.3 is 6.03 Å². The molecule has 2 N–H and O–H groups in total. The molecule has 25 heavy (non-hydrogen) atoms. The molecule has 0 atom stereocenters. The zero-order valence-electron chi connectivity index (χ0n) is 14.2. The number of urea groups is 1. The van der Waals surface area contributed by atoms with E-state index in [4.69, 9.17) is 4.74 Å². The summed E-state index contributed by atoms with van der Waals surface area (Å²) in [6, 6.07) is 9.33. The van der Waals surface area contributed by atoms with Crippen LogP contribution in [0.1, 0.15) is 5.56 Å². The van der Waals surface area contributed by atoms with E-state index in [1.807, 2.05) is 0 Å². The number of carbonyl (C=O) groups is 1. The van der Waals surface area contributed by atoms with Crippen LogP contribution < -0.4 is 15.4 Å². The van der Waals surface area contributed by atoms with E-state index >= 15 is 0 Å². The van der Waals surface area contributed by atoms with Crippen LogP contribution >= 0.6 is 0 Å². The van der Waals surface area contributed by atoms with Crippen LogP contribution in [0, 0.1) is 0 Å². The molecule has 0 aliphatic heterocycles. The number of pyridine rings is 1. The zero-order valence-corrected chi connectivity index (χ0v) is 15.0. The fourth-order valence-corrected chi connectivity index (χ4v) is 3.14. The molecule has 2 amide bonds. The van der Waals surface area contributed by atoms with Crippen LogP contribution in [-0.2, 0) is 16.6 Å². The third kappa shape index (κ3) is 4.68. The highest BCUT2D eigenvalue weighted by atomic mass is 32.2. The van der Waals surface area contributed by atoms with Crippen molar-refractivity contribution in [3.8, 4) is 5.88 Å². The highest BCUT2D eigenvalue weighted by molar-refractivity contribution is 7.89. The van der Waals surface area contributed by atoms with Gasteiger partial charge in [-0.1, -0.05) is 18.2 Å². The summed E-state index contributed by atoms with van der Waals surface area (Å²) in [5, 5.41) is 5.25. The lowest BCUT2D eigenvalue weighted by Gasteiger charge is -2.15. The van der Waals surface area contributed by atoms with E-state index in [1.165, 1.54) is 33.5 Å². The maximum atomic E-state index is 12.3. The molecule has 0 spiro atoms.